The highest BCUT2D eigenvalue weighted by molar-refractivity contribution is 5.93. The van der Waals surface area contributed by atoms with E-state index >= 15 is 0 Å². The van der Waals surface area contributed by atoms with E-state index in [-0.39, 0.29) is 6.03 Å². The van der Waals surface area contributed by atoms with Crippen molar-refractivity contribution in [3.8, 4) is 0 Å². The molecule has 0 atom stereocenters. The van der Waals surface area contributed by atoms with Crippen molar-refractivity contribution >= 4 is 11.7 Å². The van der Waals surface area contributed by atoms with Crippen molar-refractivity contribution < 1.29 is 4.79 Å². The molecule has 0 spiro atoms. The molecule has 4 heteroatoms. The maximum atomic E-state index is 11.9. The summed E-state index contributed by atoms with van der Waals surface area (Å²) in [6.07, 6.45) is 2.43. The number of anilines is 1. The number of hydrogen-bond acceptors (Lipinski definition) is 2. The van der Waals surface area contributed by atoms with Gasteiger partial charge in [-0.2, -0.15) is 0 Å². The first-order chi connectivity index (χ1) is 9.25. The highest BCUT2D eigenvalue weighted by Crippen LogP contribution is 2.28. The van der Waals surface area contributed by atoms with E-state index in [0.717, 1.165) is 31.9 Å². The van der Waals surface area contributed by atoms with Gasteiger partial charge < -0.3 is 10.2 Å². The Hall–Kier alpha value is -1.55. The molecule has 102 valence electrons. The normalized spacial score (nSPS) is 21.2. The zero-order chi connectivity index (χ0) is 13.2. The number of nitrogens with one attached hydrogen (secondary N) is 1. The summed E-state index contributed by atoms with van der Waals surface area (Å²) in [5.74, 6) is 0.673. The Kier molecular flexibility index (Phi) is 3.42. The number of rotatable bonds is 2. The van der Waals surface area contributed by atoms with Gasteiger partial charge in [-0.15, -0.1) is 0 Å². The van der Waals surface area contributed by atoms with E-state index < -0.39 is 0 Å². The van der Waals surface area contributed by atoms with Gasteiger partial charge in [0.25, 0.3) is 0 Å². The van der Waals surface area contributed by atoms with E-state index in [1.165, 1.54) is 18.4 Å². The van der Waals surface area contributed by atoms with Gasteiger partial charge in [-0.05, 0) is 49.5 Å². The van der Waals surface area contributed by atoms with E-state index in [1.54, 1.807) is 4.90 Å². The molecular weight excluding hydrogens is 238 g/mol. The first-order valence-electron chi connectivity index (χ1n) is 7.09. The molecule has 0 radical (unpaired) electrons. The van der Waals surface area contributed by atoms with Crippen LogP contribution in [0.15, 0.2) is 24.3 Å². The molecule has 0 aromatic heterocycles. The second-order valence-corrected chi connectivity index (χ2v) is 5.47. The molecule has 2 heterocycles. The van der Waals surface area contributed by atoms with E-state index in [2.05, 4.69) is 29.6 Å². The topological polar surface area (TPSA) is 35.6 Å². The predicted molar refractivity (Wildman–Crippen MR) is 76.7 cm³/mol. The monoisotopic (exact) mass is 259 g/mol. The Morgan fingerprint density at radius 2 is 1.79 bits per heavy atom. The lowest BCUT2D eigenvalue weighted by atomic mass is 9.90. The van der Waals surface area contributed by atoms with Crippen LogP contribution in [0, 0.1) is 0 Å². The third-order valence-corrected chi connectivity index (χ3v) is 4.23. The van der Waals surface area contributed by atoms with Crippen molar-refractivity contribution in [3.63, 3.8) is 0 Å². The largest absolute Gasteiger partial charge is 0.326 e. The van der Waals surface area contributed by atoms with Crippen molar-refractivity contribution in [2.45, 2.75) is 18.8 Å². The minimum atomic E-state index is 0.106. The van der Waals surface area contributed by atoms with Gasteiger partial charge in [0.2, 0.25) is 0 Å². The van der Waals surface area contributed by atoms with Crippen LogP contribution in [0.3, 0.4) is 0 Å². The van der Waals surface area contributed by atoms with Crippen LogP contribution in [0.5, 0.6) is 0 Å². The van der Waals surface area contributed by atoms with Crippen molar-refractivity contribution in [2.75, 3.05) is 38.1 Å². The molecule has 0 aliphatic carbocycles. The standard InChI is InChI=1S/C15H21N3O/c1-17-10-11-18(15(17)19)14-4-2-12(3-5-14)13-6-8-16-9-7-13/h2-5,13,16H,6-11H2,1H3. The lowest BCUT2D eigenvalue weighted by Gasteiger charge is -2.23. The average molecular weight is 259 g/mol. The highest BCUT2D eigenvalue weighted by Gasteiger charge is 2.26. The molecular formula is C15H21N3O. The fourth-order valence-electron chi connectivity index (χ4n) is 2.97. The molecule has 1 aromatic rings. The molecule has 1 N–H and O–H groups in total. The number of amides is 2. The third kappa shape index (κ3) is 2.45. The van der Waals surface area contributed by atoms with E-state index in [9.17, 15) is 4.79 Å². The summed E-state index contributed by atoms with van der Waals surface area (Å²) in [5.41, 5.74) is 2.43. The molecule has 3 rings (SSSR count). The quantitative estimate of drug-likeness (QED) is 0.882. The molecule has 1 aromatic carbocycles. The van der Waals surface area contributed by atoms with Crippen molar-refractivity contribution in [1.82, 2.24) is 10.2 Å². The Labute approximate surface area is 114 Å². The number of piperidine rings is 1. The minimum Gasteiger partial charge on any atom is -0.326 e. The third-order valence-electron chi connectivity index (χ3n) is 4.23. The molecule has 2 aliphatic heterocycles. The van der Waals surface area contributed by atoms with Crippen molar-refractivity contribution in [2.24, 2.45) is 0 Å². The van der Waals surface area contributed by atoms with Gasteiger partial charge in [0.15, 0.2) is 0 Å². The lowest BCUT2D eigenvalue weighted by molar-refractivity contribution is 0.229. The van der Waals surface area contributed by atoms with Gasteiger partial charge in [0.1, 0.15) is 0 Å². The Balaban J connectivity index is 1.73. The first-order valence-corrected chi connectivity index (χ1v) is 7.09. The van der Waals surface area contributed by atoms with Gasteiger partial charge in [0.05, 0.1) is 0 Å². The summed E-state index contributed by atoms with van der Waals surface area (Å²) in [5, 5.41) is 3.39. The summed E-state index contributed by atoms with van der Waals surface area (Å²) < 4.78 is 0. The number of hydrogen-bond donors (Lipinski definition) is 1. The van der Waals surface area contributed by atoms with Gasteiger partial charge in [-0.25, -0.2) is 4.79 Å². The summed E-state index contributed by atoms with van der Waals surface area (Å²) in [6, 6.07) is 8.67. The van der Waals surface area contributed by atoms with Crippen LogP contribution in [0.1, 0.15) is 24.3 Å². The molecule has 4 nitrogen and oxygen atoms in total. The second-order valence-electron chi connectivity index (χ2n) is 5.47. The van der Waals surface area contributed by atoms with E-state index in [0.29, 0.717) is 5.92 Å². The van der Waals surface area contributed by atoms with Gasteiger partial charge >= 0.3 is 6.03 Å². The van der Waals surface area contributed by atoms with Gasteiger partial charge in [0, 0.05) is 25.8 Å². The molecule has 2 saturated heterocycles. The van der Waals surface area contributed by atoms with E-state index in [1.807, 2.05) is 11.9 Å². The number of benzene rings is 1. The molecule has 2 aliphatic rings. The maximum absolute atomic E-state index is 11.9. The first kappa shape index (κ1) is 12.5. The lowest BCUT2D eigenvalue weighted by Crippen LogP contribution is -2.29. The van der Waals surface area contributed by atoms with Crippen LogP contribution in [-0.4, -0.2) is 44.2 Å². The fourth-order valence-corrected chi connectivity index (χ4v) is 2.97. The summed E-state index contributed by atoms with van der Waals surface area (Å²) in [7, 11) is 1.85. The Bertz CT molecular complexity index is 451. The summed E-state index contributed by atoms with van der Waals surface area (Å²) >= 11 is 0. The van der Waals surface area contributed by atoms with Crippen LogP contribution in [0.4, 0.5) is 10.5 Å². The molecule has 2 fully saturated rings. The molecule has 0 unspecified atom stereocenters. The molecule has 0 saturated carbocycles. The average Bonchev–Trinajstić information content (AvgIpc) is 2.80. The number of carbonyl (C=O) groups is 1. The zero-order valence-electron chi connectivity index (χ0n) is 11.4. The maximum Gasteiger partial charge on any atom is 0.324 e. The number of carbonyl (C=O) groups excluding carboxylic acids is 1. The smallest absolute Gasteiger partial charge is 0.324 e. The number of likely N-dealkylation sites (N-methyl/N-ethyl adjacent to an activating group) is 1. The Morgan fingerprint density at radius 3 is 2.37 bits per heavy atom. The van der Waals surface area contributed by atoms with Gasteiger partial charge in [-0.3, -0.25) is 4.90 Å². The SMILES string of the molecule is CN1CCN(c2ccc(C3CCNCC3)cc2)C1=O. The number of urea groups is 1. The zero-order valence-corrected chi connectivity index (χ0v) is 11.4. The Morgan fingerprint density at radius 1 is 1.11 bits per heavy atom. The van der Waals surface area contributed by atoms with Crippen molar-refractivity contribution in [3.05, 3.63) is 29.8 Å². The van der Waals surface area contributed by atoms with Crippen LogP contribution >= 0.6 is 0 Å². The van der Waals surface area contributed by atoms with Crippen LogP contribution in [-0.2, 0) is 0 Å². The second kappa shape index (κ2) is 5.21. The predicted octanol–water partition coefficient (Wildman–Crippen LogP) is 2.03. The fraction of sp³-hybridized carbons (Fsp3) is 0.533. The summed E-state index contributed by atoms with van der Waals surface area (Å²) in [6.45, 7) is 3.83. The highest BCUT2D eigenvalue weighted by atomic mass is 16.2. The molecule has 2 amide bonds. The van der Waals surface area contributed by atoms with Crippen molar-refractivity contribution in [1.29, 1.82) is 0 Å². The summed E-state index contributed by atoms with van der Waals surface area (Å²) in [4.78, 5) is 15.6. The van der Waals surface area contributed by atoms with Crippen LogP contribution < -0.4 is 10.2 Å². The number of nitrogens with zero attached hydrogens (tertiary/aromatic N) is 2. The van der Waals surface area contributed by atoms with Crippen LogP contribution in [0.2, 0.25) is 0 Å². The van der Waals surface area contributed by atoms with E-state index in [4.69, 9.17) is 0 Å². The molecule has 0 bridgehead atoms. The molecule has 19 heavy (non-hydrogen) atoms. The van der Waals surface area contributed by atoms with Gasteiger partial charge in [-0.1, -0.05) is 12.1 Å². The minimum absolute atomic E-state index is 0.106. The van der Waals surface area contributed by atoms with Crippen LogP contribution in [0.25, 0.3) is 0 Å².